The summed E-state index contributed by atoms with van der Waals surface area (Å²) < 4.78 is 0. The Bertz CT molecular complexity index is 756. The predicted molar refractivity (Wildman–Crippen MR) is 105 cm³/mol. The van der Waals surface area contributed by atoms with E-state index in [4.69, 9.17) is 0 Å². The van der Waals surface area contributed by atoms with Gasteiger partial charge in [0, 0.05) is 37.9 Å². The molecule has 0 N–H and O–H groups in total. The summed E-state index contributed by atoms with van der Waals surface area (Å²) in [6.07, 6.45) is 10.6. The number of likely N-dealkylation sites (tertiary alicyclic amines) is 1. The Morgan fingerprint density at radius 1 is 0.846 bits per heavy atom. The maximum absolute atomic E-state index is 4.16. The van der Waals surface area contributed by atoms with Gasteiger partial charge in [0.25, 0.3) is 0 Å². The molecular formula is C21H27N5. The van der Waals surface area contributed by atoms with Crippen molar-refractivity contribution in [1.29, 1.82) is 0 Å². The van der Waals surface area contributed by atoms with E-state index in [1.54, 1.807) is 6.33 Å². The van der Waals surface area contributed by atoms with Crippen LogP contribution in [0, 0.1) is 0 Å². The highest BCUT2D eigenvalue weighted by Gasteiger charge is 2.29. The first-order chi connectivity index (χ1) is 12.9. The Labute approximate surface area is 155 Å². The van der Waals surface area contributed by atoms with Crippen molar-refractivity contribution in [3.63, 3.8) is 0 Å². The zero-order chi connectivity index (χ0) is 17.3. The van der Waals surface area contributed by atoms with E-state index in [0.717, 1.165) is 31.2 Å². The second-order valence-corrected chi connectivity index (χ2v) is 7.85. The molecule has 2 saturated heterocycles. The molecule has 0 saturated carbocycles. The number of nitrogens with zero attached hydrogens (tertiary/aromatic N) is 5. The molecule has 26 heavy (non-hydrogen) atoms. The van der Waals surface area contributed by atoms with Gasteiger partial charge in [0.05, 0.1) is 18.1 Å². The van der Waals surface area contributed by atoms with Crippen LogP contribution >= 0.6 is 0 Å². The van der Waals surface area contributed by atoms with Gasteiger partial charge in [0.2, 0.25) is 0 Å². The standard InChI is InChI=1S/C21H27N5/c1-2-8-24(7-1)20-6-10-26(15-20)19-4-3-18-14-25(9-5-17(18)11-19)21-12-22-16-23-13-21/h3-4,11-13,16,20H,1-2,5-10,14-15H2/t20-/m0/s1. The molecule has 1 aromatic heterocycles. The van der Waals surface area contributed by atoms with Gasteiger partial charge in [-0.2, -0.15) is 0 Å². The van der Waals surface area contributed by atoms with Crippen molar-refractivity contribution >= 4 is 11.4 Å². The molecule has 0 amide bonds. The van der Waals surface area contributed by atoms with Gasteiger partial charge in [-0.05, 0) is 62.0 Å². The molecule has 136 valence electrons. The van der Waals surface area contributed by atoms with E-state index in [1.807, 2.05) is 12.4 Å². The molecule has 0 bridgehead atoms. The quantitative estimate of drug-likeness (QED) is 0.851. The molecule has 2 aromatic rings. The molecule has 1 atom stereocenters. The van der Waals surface area contributed by atoms with Gasteiger partial charge in [-0.3, -0.25) is 4.90 Å². The van der Waals surface area contributed by atoms with Crippen LogP contribution in [0.4, 0.5) is 11.4 Å². The lowest BCUT2D eigenvalue weighted by Gasteiger charge is -2.31. The van der Waals surface area contributed by atoms with Crippen LogP contribution in [0.3, 0.4) is 0 Å². The summed E-state index contributed by atoms with van der Waals surface area (Å²) in [7, 11) is 0. The highest BCUT2D eigenvalue weighted by atomic mass is 15.3. The SMILES string of the molecule is c1ncc(N2CCc3cc(N4CC[C@H](N5CCCC5)C4)ccc3C2)cn1. The van der Waals surface area contributed by atoms with Crippen LogP contribution in [0.2, 0.25) is 0 Å². The van der Waals surface area contributed by atoms with Gasteiger partial charge in [0.1, 0.15) is 6.33 Å². The molecule has 5 rings (SSSR count). The molecule has 3 aliphatic rings. The minimum Gasteiger partial charge on any atom is -0.370 e. The van der Waals surface area contributed by atoms with Crippen molar-refractivity contribution in [2.45, 2.75) is 38.3 Å². The Balaban J connectivity index is 1.29. The molecule has 0 radical (unpaired) electrons. The minimum absolute atomic E-state index is 0.766. The highest BCUT2D eigenvalue weighted by Crippen LogP contribution is 2.30. The number of benzene rings is 1. The van der Waals surface area contributed by atoms with Crippen molar-refractivity contribution in [2.24, 2.45) is 0 Å². The summed E-state index contributed by atoms with van der Waals surface area (Å²) in [6.45, 7) is 7.02. The lowest BCUT2D eigenvalue weighted by Crippen LogP contribution is -2.35. The number of hydrogen-bond acceptors (Lipinski definition) is 5. The van der Waals surface area contributed by atoms with Crippen molar-refractivity contribution in [3.8, 4) is 0 Å². The first-order valence-corrected chi connectivity index (χ1v) is 9.97. The summed E-state index contributed by atoms with van der Waals surface area (Å²) in [5.41, 5.74) is 5.50. The number of rotatable bonds is 3. The average molecular weight is 349 g/mol. The number of hydrogen-bond donors (Lipinski definition) is 0. The van der Waals surface area contributed by atoms with Crippen molar-refractivity contribution in [2.75, 3.05) is 42.5 Å². The molecule has 2 fully saturated rings. The maximum Gasteiger partial charge on any atom is 0.115 e. The molecule has 3 aliphatic heterocycles. The van der Waals surface area contributed by atoms with Crippen LogP contribution in [0.5, 0.6) is 0 Å². The fourth-order valence-corrected chi connectivity index (χ4v) is 4.79. The largest absolute Gasteiger partial charge is 0.370 e. The zero-order valence-electron chi connectivity index (χ0n) is 15.3. The van der Waals surface area contributed by atoms with Gasteiger partial charge in [-0.15, -0.1) is 0 Å². The predicted octanol–water partition coefficient (Wildman–Crippen LogP) is 2.71. The highest BCUT2D eigenvalue weighted by molar-refractivity contribution is 5.55. The molecule has 0 spiro atoms. The lowest BCUT2D eigenvalue weighted by molar-refractivity contribution is 0.260. The van der Waals surface area contributed by atoms with Gasteiger partial charge < -0.3 is 9.80 Å². The number of aromatic nitrogens is 2. The fourth-order valence-electron chi connectivity index (χ4n) is 4.79. The molecule has 0 aliphatic carbocycles. The van der Waals surface area contributed by atoms with Crippen LogP contribution in [0.25, 0.3) is 0 Å². The van der Waals surface area contributed by atoms with E-state index in [0.29, 0.717) is 0 Å². The van der Waals surface area contributed by atoms with E-state index in [2.05, 4.69) is 42.9 Å². The Morgan fingerprint density at radius 2 is 1.69 bits per heavy atom. The smallest absolute Gasteiger partial charge is 0.115 e. The van der Waals surface area contributed by atoms with Crippen LogP contribution in [-0.2, 0) is 13.0 Å². The van der Waals surface area contributed by atoms with Crippen LogP contribution in [-0.4, -0.2) is 53.6 Å². The Kier molecular flexibility index (Phi) is 4.25. The van der Waals surface area contributed by atoms with E-state index in [-0.39, 0.29) is 0 Å². The second-order valence-electron chi connectivity index (χ2n) is 7.85. The summed E-state index contributed by atoms with van der Waals surface area (Å²) in [6, 6.07) is 7.88. The molecule has 4 heterocycles. The van der Waals surface area contributed by atoms with Gasteiger partial charge in [-0.25, -0.2) is 9.97 Å². The van der Waals surface area contributed by atoms with Crippen molar-refractivity contribution in [1.82, 2.24) is 14.9 Å². The zero-order valence-corrected chi connectivity index (χ0v) is 15.3. The fraction of sp³-hybridized carbons (Fsp3) is 0.524. The average Bonchev–Trinajstić information content (AvgIpc) is 3.39. The Morgan fingerprint density at radius 3 is 2.54 bits per heavy atom. The van der Waals surface area contributed by atoms with E-state index in [1.165, 1.54) is 62.3 Å². The first-order valence-electron chi connectivity index (χ1n) is 9.97. The van der Waals surface area contributed by atoms with E-state index in [9.17, 15) is 0 Å². The van der Waals surface area contributed by atoms with Crippen LogP contribution in [0.15, 0.2) is 36.9 Å². The summed E-state index contributed by atoms with van der Waals surface area (Å²) in [5.74, 6) is 0. The third-order valence-electron chi connectivity index (χ3n) is 6.30. The third kappa shape index (κ3) is 3.05. The molecular weight excluding hydrogens is 322 g/mol. The minimum atomic E-state index is 0.766. The lowest BCUT2D eigenvalue weighted by atomic mass is 9.98. The van der Waals surface area contributed by atoms with Crippen molar-refractivity contribution in [3.05, 3.63) is 48.0 Å². The normalized spacial score (nSPS) is 23.5. The van der Waals surface area contributed by atoms with E-state index < -0.39 is 0 Å². The third-order valence-corrected chi connectivity index (χ3v) is 6.30. The van der Waals surface area contributed by atoms with Gasteiger partial charge >= 0.3 is 0 Å². The van der Waals surface area contributed by atoms with Crippen LogP contribution < -0.4 is 9.80 Å². The number of fused-ring (bicyclic) bond motifs is 1. The summed E-state index contributed by atoms with van der Waals surface area (Å²) in [4.78, 5) is 16.0. The summed E-state index contributed by atoms with van der Waals surface area (Å²) >= 11 is 0. The molecule has 5 nitrogen and oxygen atoms in total. The Hall–Kier alpha value is -2.14. The van der Waals surface area contributed by atoms with Crippen molar-refractivity contribution < 1.29 is 0 Å². The molecule has 5 heteroatoms. The monoisotopic (exact) mass is 349 g/mol. The number of anilines is 2. The second kappa shape index (κ2) is 6.88. The van der Waals surface area contributed by atoms with Crippen LogP contribution in [0.1, 0.15) is 30.4 Å². The summed E-state index contributed by atoms with van der Waals surface area (Å²) in [5, 5.41) is 0. The topological polar surface area (TPSA) is 35.5 Å². The first kappa shape index (κ1) is 16.1. The van der Waals surface area contributed by atoms with E-state index >= 15 is 0 Å². The molecule has 0 unspecified atom stereocenters. The maximum atomic E-state index is 4.16. The molecule has 1 aromatic carbocycles. The van der Waals surface area contributed by atoms with Gasteiger partial charge in [-0.1, -0.05) is 6.07 Å². The van der Waals surface area contributed by atoms with Gasteiger partial charge in [0.15, 0.2) is 0 Å².